The van der Waals surface area contributed by atoms with Crippen molar-refractivity contribution < 1.29 is 17.9 Å². The van der Waals surface area contributed by atoms with Crippen LogP contribution in [0.1, 0.15) is 44.1 Å². The molecule has 0 unspecified atom stereocenters. The van der Waals surface area contributed by atoms with Gasteiger partial charge in [0, 0.05) is 37.3 Å². The topological polar surface area (TPSA) is 112 Å². The highest BCUT2D eigenvalue weighted by molar-refractivity contribution is 7.88. The van der Waals surface area contributed by atoms with Gasteiger partial charge in [-0.25, -0.2) is 17.7 Å². The van der Waals surface area contributed by atoms with Crippen LogP contribution in [0.4, 0.5) is 0 Å². The number of hydrogen-bond acceptors (Lipinski definition) is 6. The maximum atomic E-state index is 12.5. The molecule has 1 saturated heterocycles. The number of pyridine rings is 1. The van der Waals surface area contributed by atoms with Crippen molar-refractivity contribution in [3.8, 4) is 11.9 Å². The van der Waals surface area contributed by atoms with E-state index in [1.54, 1.807) is 12.1 Å². The van der Waals surface area contributed by atoms with E-state index in [2.05, 4.69) is 10.3 Å². The Morgan fingerprint density at radius 1 is 1.21 bits per heavy atom. The summed E-state index contributed by atoms with van der Waals surface area (Å²) < 4.78 is 30.5. The highest BCUT2D eigenvalue weighted by atomic mass is 32.2. The minimum Gasteiger partial charge on any atom is -0.474 e. The second-order valence-electron chi connectivity index (χ2n) is 7.53. The number of sulfonamides is 1. The Labute approximate surface area is 165 Å². The van der Waals surface area contributed by atoms with Crippen LogP contribution in [0.2, 0.25) is 0 Å². The molecule has 0 aromatic carbocycles. The summed E-state index contributed by atoms with van der Waals surface area (Å²) in [5.41, 5.74) is 0.501. The number of nitrogens with zero attached hydrogens (tertiary/aromatic N) is 3. The van der Waals surface area contributed by atoms with Crippen molar-refractivity contribution in [1.82, 2.24) is 14.6 Å². The Morgan fingerprint density at radius 3 is 2.43 bits per heavy atom. The summed E-state index contributed by atoms with van der Waals surface area (Å²) in [6, 6.07) is 5.55. The molecule has 9 heteroatoms. The highest BCUT2D eigenvalue weighted by Gasteiger charge is 2.31. The molecular formula is C19H26N4O4S. The van der Waals surface area contributed by atoms with Gasteiger partial charge >= 0.3 is 0 Å². The molecule has 8 nitrogen and oxygen atoms in total. The molecule has 1 aromatic rings. The second-order valence-corrected chi connectivity index (χ2v) is 9.52. The van der Waals surface area contributed by atoms with E-state index >= 15 is 0 Å². The zero-order chi connectivity index (χ0) is 20.1. The third-order valence-electron chi connectivity index (χ3n) is 5.47. The Bertz CT molecular complexity index is 818. The first-order chi connectivity index (χ1) is 13.3. The molecule has 1 aliphatic carbocycles. The lowest BCUT2D eigenvalue weighted by atomic mass is 9.91. The fourth-order valence-electron chi connectivity index (χ4n) is 3.78. The van der Waals surface area contributed by atoms with Crippen LogP contribution >= 0.6 is 0 Å². The number of piperidine rings is 1. The number of nitriles is 1. The molecule has 2 fully saturated rings. The first-order valence-electron chi connectivity index (χ1n) is 9.63. The van der Waals surface area contributed by atoms with Crippen molar-refractivity contribution in [2.24, 2.45) is 5.92 Å². The van der Waals surface area contributed by atoms with Gasteiger partial charge in [0.1, 0.15) is 12.2 Å². The number of amides is 1. The van der Waals surface area contributed by atoms with Gasteiger partial charge in [0.25, 0.3) is 0 Å². The SMILES string of the molecule is CS(=O)(=O)N1CCC(C(=O)NC2CCC(Oc3ccc(C#N)cn3)CC2)CC1. The molecule has 3 rings (SSSR count). The fourth-order valence-corrected chi connectivity index (χ4v) is 4.65. The van der Waals surface area contributed by atoms with Gasteiger partial charge in [0.05, 0.1) is 11.8 Å². The van der Waals surface area contributed by atoms with Gasteiger partial charge in [-0.1, -0.05) is 0 Å². The lowest BCUT2D eigenvalue weighted by molar-refractivity contribution is -0.127. The number of ether oxygens (including phenoxy) is 1. The van der Waals surface area contributed by atoms with Crippen LogP contribution in [-0.2, 0) is 14.8 Å². The largest absolute Gasteiger partial charge is 0.474 e. The van der Waals surface area contributed by atoms with E-state index in [4.69, 9.17) is 10.00 Å². The molecule has 1 aliphatic heterocycles. The van der Waals surface area contributed by atoms with Crippen LogP contribution in [-0.4, -0.2) is 55.1 Å². The predicted molar refractivity (Wildman–Crippen MR) is 103 cm³/mol. The van der Waals surface area contributed by atoms with Gasteiger partial charge in [0.15, 0.2) is 0 Å². The van der Waals surface area contributed by atoms with Crippen LogP contribution in [0.25, 0.3) is 0 Å². The van der Waals surface area contributed by atoms with Crippen LogP contribution < -0.4 is 10.1 Å². The normalized spacial score (nSPS) is 24.3. The molecule has 1 aromatic heterocycles. The molecule has 1 saturated carbocycles. The van der Waals surface area contributed by atoms with E-state index in [-0.39, 0.29) is 24.0 Å². The molecule has 2 aliphatic rings. The van der Waals surface area contributed by atoms with Crippen LogP contribution in [0, 0.1) is 17.2 Å². The lowest BCUT2D eigenvalue weighted by Crippen LogP contribution is -2.46. The van der Waals surface area contributed by atoms with Crippen molar-refractivity contribution in [2.45, 2.75) is 50.7 Å². The Hall–Kier alpha value is -2.18. The highest BCUT2D eigenvalue weighted by Crippen LogP contribution is 2.25. The van der Waals surface area contributed by atoms with Crippen LogP contribution in [0.15, 0.2) is 18.3 Å². The van der Waals surface area contributed by atoms with E-state index in [1.807, 2.05) is 6.07 Å². The Morgan fingerprint density at radius 2 is 1.89 bits per heavy atom. The van der Waals surface area contributed by atoms with E-state index in [0.29, 0.717) is 37.4 Å². The minimum absolute atomic E-state index is 0.0336. The third-order valence-corrected chi connectivity index (χ3v) is 6.77. The fraction of sp³-hybridized carbons (Fsp3) is 0.632. The van der Waals surface area contributed by atoms with Crippen molar-refractivity contribution in [2.75, 3.05) is 19.3 Å². The Balaban J connectivity index is 1.40. The maximum Gasteiger partial charge on any atom is 0.223 e. The summed E-state index contributed by atoms with van der Waals surface area (Å²) in [6.07, 6.45) is 7.26. The molecule has 28 heavy (non-hydrogen) atoms. The van der Waals surface area contributed by atoms with Gasteiger partial charge in [0.2, 0.25) is 21.8 Å². The molecule has 2 heterocycles. The molecule has 1 amide bonds. The molecule has 0 atom stereocenters. The summed E-state index contributed by atoms with van der Waals surface area (Å²) in [6.45, 7) is 0.824. The van der Waals surface area contributed by atoms with Gasteiger partial charge < -0.3 is 10.1 Å². The van der Waals surface area contributed by atoms with Gasteiger partial charge in [-0.05, 0) is 44.6 Å². The molecule has 152 valence electrons. The van der Waals surface area contributed by atoms with Crippen molar-refractivity contribution in [1.29, 1.82) is 5.26 Å². The summed E-state index contributed by atoms with van der Waals surface area (Å²) in [5, 5.41) is 11.9. The van der Waals surface area contributed by atoms with E-state index in [1.165, 1.54) is 16.8 Å². The minimum atomic E-state index is -3.17. The number of rotatable bonds is 5. The lowest BCUT2D eigenvalue weighted by Gasteiger charge is -2.33. The summed E-state index contributed by atoms with van der Waals surface area (Å²) in [7, 11) is -3.17. The number of carbonyl (C=O) groups is 1. The third kappa shape index (κ3) is 5.42. The molecule has 0 radical (unpaired) electrons. The number of aromatic nitrogens is 1. The molecular weight excluding hydrogens is 380 g/mol. The van der Waals surface area contributed by atoms with Crippen LogP contribution in [0.5, 0.6) is 5.88 Å². The van der Waals surface area contributed by atoms with E-state index in [9.17, 15) is 13.2 Å². The van der Waals surface area contributed by atoms with E-state index < -0.39 is 10.0 Å². The quantitative estimate of drug-likeness (QED) is 0.792. The molecule has 1 N–H and O–H groups in total. The average Bonchev–Trinajstić information content (AvgIpc) is 2.69. The summed E-state index contributed by atoms with van der Waals surface area (Å²) in [5.74, 6) is 0.435. The maximum absolute atomic E-state index is 12.5. The van der Waals surface area contributed by atoms with Gasteiger partial charge in [-0.2, -0.15) is 5.26 Å². The second kappa shape index (κ2) is 8.88. The van der Waals surface area contributed by atoms with Crippen molar-refractivity contribution in [3.05, 3.63) is 23.9 Å². The zero-order valence-corrected chi connectivity index (χ0v) is 16.8. The standard InChI is InChI=1S/C19H26N4O4S/c1-28(25,26)23-10-8-15(9-11-23)19(24)22-16-3-5-17(6-4-16)27-18-7-2-14(12-20)13-21-18/h2,7,13,15-17H,3-6,8-11H2,1H3,(H,22,24). The number of nitrogens with one attached hydrogen (secondary N) is 1. The number of hydrogen-bond donors (Lipinski definition) is 1. The summed E-state index contributed by atoms with van der Waals surface area (Å²) in [4.78, 5) is 16.6. The van der Waals surface area contributed by atoms with Crippen molar-refractivity contribution >= 4 is 15.9 Å². The monoisotopic (exact) mass is 406 g/mol. The first-order valence-corrected chi connectivity index (χ1v) is 11.5. The smallest absolute Gasteiger partial charge is 0.223 e. The molecule has 0 spiro atoms. The van der Waals surface area contributed by atoms with Gasteiger partial charge in [-0.15, -0.1) is 0 Å². The molecule has 0 bridgehead atoms. The number of carbonyl (C=O) groups excluding carboxylic acids is 1. The Kier molecular flexibility index (Phi) is 6.52. The van der Waals surface area contributed by atoms with Crippen molar-refractivity contribution in [3.63, 3.8) is 0 Å². The summed E-state index contributed by atoms with van der Waals surface area (Å²) >= 11 is 0. The zero-order valence-electron chi connectivity index (χ0n) is 16.0. The van der Waals surface area contributed by atoms with E-state index in [0.717, 1.165) is 25.7 Å². The predicted octanol–water partition coefficient (Wildman–Crippen LogP) is 1.43. The average molecular weight is 407 g/mol. The van der Waals surface area contributed by atoms with Gasteiger partial charge in [-0.3, -0.25) is 4.79 Å². The first kappa shape index (κ1) is 20.6. The van der Waals surface area contributed by atoms with Crippen LogP contribution in [0.3, 0.4) is 0 Å².